The highest BCUT2D eigenvalue weighted by Gasteiger charge is 2.76. The predicted octanol–water partition coefficient (Wildman–Crippen LogP) is 4.50. The summed E-state index contributed by atoms with van der Waals surface area (Å²) in [6.45, 7) is 5.96. The van der Waals surface area contributed by atoms with Crippen molar-refractivity contribution in [1.82, 2.24) is 5.32 Å². The molecule has 15 unspecified atom stereocenters. The van der Waals surface area contributed by atoms with Gasteiger partial charge in [0.05, 0.1) is 23.9 Å². The number of Topliss-reactive ketones (excluding diaryl/α,β-unsaturated/α-hetero) is 1. The Labute approximate surface area is 304 Å². The van der Waals surface area contributed by atoms with E-state index in [2.05, 4.69) is 12.2 Å². The second-order valence-corrected chi connectivity index (χ2v) is 18.9. The van der Waals surface area contributed by atoms with E-state index in [4.69, 9.17) is 18.9 Å². The number of cyclic esters (lactones) is 1. The number of aliphatic hydroxyl groups is 3. The third-order valence-electron chi connectivity index (χ3n) is 15.3. The summed E-state index contributed by atoms with van der Waals surface area (Å²) in [5.74, 6) is -2.63. The maximum Gasteiger partial charge on any atom is 0.331 e. The van der Waals surface area contributed by atoms with Gasteiger partial charge in [-0.1, -0.05) is 37.3 Å². The summed E-state index contributed by atoms with van der Waals surface area (Å²) in [5, 5.41) is 40.8. The molecule has 7 fully saturated rings. The first kappa shape index (κ1) is 34.9. The Balaban J connectivity index is 0.985. The number of hydrogen-bond acceptors (Lipinski definition) is 11. The van der Waals surface area contributed by atoms with Crippen LogP contribution in [0, 0.1) is 34.5 Å². The van der Waals surface area contributed by atoms with Crippen LogP contribution < -0.4 is 5.32 Å². The number of ketones is 1. The van der Waals surface area contributed by atoms with Crippen molar-refractivity contribution in [1.29, 1.82) is 0 Å². The van der Waals surface area contributed by atoms with Crippen LogP contribution in [0.2, 0.25) is 0 Å². The molecule has 1 aromatic carbocycles. The number of hydrogen-bond donors (Lipinski definition) is 4. The molecule has 0 amide bonds. The molecule has 9 rings (SSSR count). The van der Waals surface area contributed by atoms with Gasteiger partial charge < -0.3 is 34.3 Å². The molecule has 4 saturated carbocycles. The van der Waals surface area contributed by atoms with Crippen LogP contribution in [-0.2, 0) is 23.7 Å². The molecular formula is C40H53NO9S. The van der Waals surface area contributed by atoms with E-state index < -0.39 is 39.0 Å². The van der Waals surface area contributed by atoms with Gasteiger partial charge in [0.25, 0.3) is 0 Å². The summed E-state index contributed by atoms with van der Waals surface area (Å²) in [7, 11) is 0. The van der Waals surface area contributed by atoms with E-state index >= 15 is 0 Å². The lowest BCUT2D eigenvalue weighted by Gasteiger charge is -2.68. The topological polar surface area (TPSA) is 144 Å². The van der Waals surface area contributed by atoms with Crippen LogP contribution in [0.3, 0.4) is 0 Å². The highest BCUT2D eigenvalue weighted by atomic mass is 32.2. The normalized spacial score (nSPS) is 52.7. The van der Waals surface area contributed by atoms with Crippen LogP contribution in [0.4, 0.5) is 0 Å². The van der Waals surface area contributed by atoms with Gasteiger partial charge in [0.1, 0.15) is 11.0 Å². The van der Waals surface area contributed by atoms with Gasteiger partial charge >= 0.3 is 5.97 Å². The maximum atomic E-state index is 13.2. The van der Waals surface area contributed by atoms with Gasteiger partial charge in [-0.05, 0) is 89.0 Å². The number of aliphatic hydroxyl groups excluding tert-OH is 1. The smallest absolute Gasteiger partial charge is 0.331 e. The van der Waals surface area contributed by atoms with E-state index in [9.17, 15) is 24.9 Å². The summed E-state index contributed by atoms with van der Waals surface area (Å²) in [6.07, 6.45) is 8.84. The summed E-state index contributed by atoms with van der Waals surface area (Å²) in [6, 6.07) is 9.14. The number of nitrogens with one attached hydrogen (secondary N) is 1. The number of rotatable bonds is 5. The maximum absolute atomic E-state index is 13.2. The number of thioether (sulfide) groups is 1. The highest BCUT2D eigenvalue weighted by molar-refractivity contribution is 8.01. The Kier molecular flexibility index (Phi) is 8.10. The van der Waals surface area contributed by atoms with Gasteiger partial charge in [-0.25, -0.2) is 4.79 Å². The molecule has 0 radical (unpaired) electrons. The second-order valence-electron chi connectivity index (χ2n) is 17.6. The molecule has 1 spiro atoms. The molecule has 0 aromatic heterocycles. The molecule has 1 aromatic rings. The number of ether oxygens (including phenoxy) is 4. The average molecular weight is 724 g/mol. The second kappa shape index (κ2) is 11.8. The zero-order valence-electron chi connectivity index (χ0n) is 29.9. The van der Waals surface area contributed by atoms with Crippen molar-refractivity contribution in [3.63, 3.8) is 0 Å². The van der Waals surface area contributed by atoms with E-state index in [1.807, 2.05) is 43.3 Å². The minimum Gasteiger partial charge on any atom is -0.455 e. The molecule has 10 nitrogen and oxygen atoms in total. The molecule has 4 aliphatic carbocycles. The van der Waals surface area contributed by atoms with Crippen molar-refractivity contribution in [3.8, 4) is 0 Å². The number of carbonyl (C=O) groups excluding carboxylic acids is 2. The SMILES string of the molecule is CC1CC2(NC(CC(=O)c3ccccc3)CS2)C2(O)OC3CC4(CO)C(CCC5C4CCC4(C)C(C6C=CC(=O)O6)CCC54O)CC3OC2(C)O1. The molecule has 51 heavy (non-hydrogen) atoms. The molecule has 4 aliphatic heterocycles. The summed E-state index contributed by atoms with van der Waals surface area (Å²) >= 11 is 1.59. The largest absolute Gasteiger partial charge is 0.455 e. The Hall–Kier alpha value is -1.83. The van der Waals surface area contributed by atoms with Gasteiger partial charge in [-0.3, -0.25) is 10.1 Å². The number of benzene rings is 1. The zero-order chi connectivity index (χ0) is 35.6. The van der Waals surface area contributed by atoms with Gasteiger partial charge in [-0.2, -0.15) is 0 Å². The first-order valence-electron chi connectivity index (χ1n) is 19.3. The minimum absolute atomic E-state index is 0.000292. The van der Waals surface area contributed by atoms with Crippen molar-refractivity contribution < 1.29 is 43.9 Å². The molecule has 3 saturated heterocycles. The molecule has 15 atom stereocenters. The van der Waals surface area contributed by atoms with E-state index in [1.165, 1.54) is 6.08 Å². The van der Waals surface area contributed by atoms with Crippen LogP contribution in [-0.4, -0.2) is 91.9 Å². The Morgan fingerprint density at radius 1 is 0.961 bits per heavy atom. The minimum atomic E-state index is -1.87. The van der Waals surface area contributed by atoms with E-state index in [-0.39, 0.29) is 66.4 Å². The third kappa shape index (κ3) is 4.81. The quantitative estimate of drug-likeness (QED) is 0.194. The fourth-order valence-corrected chi connectivity index (χ4v) is 14.7. The standard InChI is InChI=1S/C40H53NO9S/c1-23-19-39(41-26(21-51-39)18-30(43)24-7-5-4-6-8-24)40(46)36(3,48-23)49-32-17-25-9-10-28-27(37(25,22-42)20-33(32)50-40)13-15-35(2)29(14-16-38(28,35)45)31-11-12-34(44)47-31/h4-8,11-12,23,25-29,31-33,41-42,45-46H,9-10,13-22H2,1-3H3. The molecular weight excluding hydrogens is 671 g/mol. The number of fused-ring (bicyclic) bond motifs is 8. The van der Waals surface area contributed by atoms with Gasteiger partial charge in [-0.15, -0.1) is 11.8 Å². The van der Waals surface area contributed by atoms with Crippen molar-refractivity contribution in [2.24, 2.45) is 34.5 Å². The van der Waals surface area contributed by atoms with Gasteiger partial charge in [0, 0.05) is 59.6 Å². The molecule has 4 heterocycles. The van der Waals surface area contributed by atoms with Crippen molar-refractivity contribution in [2.75, 3.05) is 12.4 Å². The summed E-state index contributed by atoms with van der Waals surface area (Å²) in [4.78, 5) is 24.3. The first-order valence-corrected chi connectivity index (χ1v) is 20.2. The zero-order valence-corrected chi connectivity index (χ0v) is 30.7. The molecule has 4 N–H and O–H groups in total. The Morgan fingerprint density at radius 2 is 1.75 bits per heavy atom. The van der Waals surface area contributed by atoms with Crippen LogP contribution in [0.25, 0.3) is 0 Å². The summed E-state index contributed by atoms with van der Waals surface area (Å²) < 4.78 is 26.0. The lowest BCUT2D eigenvalue weighted by atomic mass is 9.42. The first-order chi connectivity index (χ1) is 24.3. The third-order valence-corrected chi connectivity index (χ3v) is 17.0. The Morgan fingerprint density at radius 3 is 2.49 bits per heavy atom. The fourth-order valence-electron chi connectivity index (χ4n) is 13.0. The molecule has 11 heteroatoms. The fraction of sp³-hybridized carbons (Fsp3) is 0.750. The summed E-state index contributed by atoms with van der Waals surface area (Å²) in [5.41, 5.74) is -1.15. The molecule has 278 valence electrons. The van der Waals surface area contributed by atoms with Gasteiger partial charge in [0.2, 0.25) is 11.6 Å². The van der Waals surface area contributed by atoms with E-state index in [1.54, 1.807) is 18.7 Å². The van der Waals surface area contributed by atoms with Crippen LogP contribution in [0.15, 0.2) is 42.5 Å². The van der Waals surface area contributed by atoms with Crippen LogP contribution >= 0.6 is 11.8 Å². The molecule has 8 aliphatic rings. The highest BCUT2D eigenvalue weighted by Crippen LogP contribution is 2.71. The lowest BCUT2D eigenvalue weighted by molar-refractivity contribution is -0.493. The van der Waals surface area contributed by atoms with Crippen molar-refractivity contribution in [3.05, 3.63) is 48.0 Å². The lowest BCUT2D eigenvalue weighted by Crippen LogP contribution is -2.81. The van der Waals surface area contributed by atoms with Crippen molar-refractivity contribution >= 4 is 23.5 Å². The Bertz CT molecular complexity index is 1610. The van der Waals surface area contributed by atoms with Crippen LogP contribution in [0.5, 0.6) is 0 Å². The number of esters is 1. The van der Waals surface area contributed by atoms with Crippen molar-refractivity contribution in [2.45, 2.75) is 137 Å². The van der Waals surface area contributed by atoms with Crippen LogP contribution in [0.1, 0.15) is 95.3 Å². The van der Waals surface area contributed by atoms with Gasteiger partial charge in [0.15, 0.2) is 5.78 Å². The number of carbonyl (C=O) groups is 2. The monoisotopic (exact) mass is 723 g/mol. The molecule has 0 bridgehead atoms. The van der Waals surface area contributed by atoms with E-state index in [0.717, 1.165) is 32.1 Å². The predicted molar refractivity (Wildman–Crippen MR) is 188 cm³/mol. The average Bonchev–Trinajstić information content (AvgIpc) is 3.79. The van der Waals surface area contributed by atoms with E-state index in [0.29, 0.717) is 43.4 Å².